The summed E-state index contributed by atoms with van der Waals surface area (Å²) in [6, 6.07) is 7.47. The first kappa shape index (κ1) is 14.5. The molecule has 6 heteroatoms. The fourth-order valence-corrected chi connectivity index (χ4v) is 1.90. The van der Waals surface area contributed by atoms with Crippen molar-refractivity contribution in [2.24, 2.45) is 0 Å². The lowest BCUT2D eigenvalue weighted by atomic mass is 10.1. The Morgan fingerprint density at radius 1 is 1.40 bits per heavy atom. The largest absolute Gasteiger partial charge is 0.461 e. The normalized spacial score (nSPS) is 10.3. The molecule has 1 N–H and O–H groups in total. The Morgan fingerprint density at radius 3 is 2.85 bits per heavy atom. The van der Waals surface area contributed by atoms with Crippen LogP contribution in [0.25, 0.3) is 10.9 Å². The Balaban J connectivity index is 2.52. The van der Waals surface area contributed by atoms with Crippen LogP contribution in [0.2, 0.25) is 0 Å². The van der Waals surface area contributed by atoms with Crippen molar-refractivity contribution in [2.75, 3.05) is 18.5 Å². The number of fused-ring (bicyclic) bond motifs is 1. The van der Waals surface area contributed by atoms with Crippen molar-refractivity contribution < 1.29 is 9.53 Å². The van der Waals surface area contributed by atoms with Gasteiger partial charge < -0.3 is 10.1 Å². The van der Waals surface area contributed by atoms with Gasteiger partial charge in [-0.3, -0.25) is 0 Å². The zero-order valence-electron chi connectivity index (χ0n) is 11.0. The molecule has 2 aromatic rings. The third kappa shape index (κ3) is 3.14. The van der Waals surface area contributed by atoms with E-state index in [2.05, 4.69) is 38.0 Å². The first-order valence-corrected chi connectivity index (χ1v) is 6.92. The maximum atomic E-state index is 12.0. The number of halogens is 1. The molecular formula is C14H14BrN3O2. The highest BCUT2D eigenvalue weighted by Gasteiger charge is 2.18. The summed E-state index contributed by atoms with van der Waals surface area (Å²) in [4.78, 5) is 12.0. The van der Waals surface area contributed by atoms with Gasteiger partial charge >= 0.3 is 5.97 Å². The quantitative estimate of drug-likeness (QED) is 0.850. The number of aromatic nitrogens is 2. The second-order valence-corrected chi connectivity index (χ2v) is 5.15. The number of benzene rings is 1. The molecule has 0 fully saturated rings. The van der Waals surface area contributed by atoms with Crippen molar-refractivity contribution in [3.05, 3.63) is 41.0 Å². The summed E-state index contributed by atoms with van der Waals surface area (Å²) in [5, 5.41) is 12.0. The molecule has 0 unspecified atom stereocenters. The van der Waals surface area contributed by atoms with Crippen LogP contribution >= 0.6 is 15.9 Å². The van der Waals surface area contributed by atoms with Crippen LogP contribution in [0.5, 0.6) is 0 Å². The third-order valence-corrected chi connectivity index (χ3v) is 2.87. The van der Waals surface area contributed by atoms with Crippen molar-refractivity contribution in [3.63, 3.8) is 0 Å². The minimum Gasteiger partial charge on any atom is -0.461 e. The van der Waals surface area contributed by atoms with E-state index in [4.69, 9.17) is 4.74 Å². The molecule has 20 heavy (non-hydrogen) atoms. The third-order valence-electron chi connectivity index (χ3n) is 2.59. The van der Waals surface area contributed by atoms with E-state index in [0.29, 0.717) is 17.7 Å². The van der Waals surface area contributed by atoms with E-state index in [-0.39, 0.29) is 12.3 Å². The number of anilines is 1. The van der Waals surface area contributed by atoms with Crippen LogP contribution in [-0.4, -0.2) is 29.3 Å². The van der Waals surface area contributed by atoms with E-state index < -0.39 is 5.97 Å². The Kier molecular flexibility index (Phi) is 4.68. The van der Waals surface area contributed by atoms with Gasteiger partial charge in [0.2, 0.25) is 0 Å². The molecule has 0 radical (unpaired) electrons. The molecule has 0 saturated carbocycles. The molecule has 0 saturated heterocycles. The van der Waals surface area contributed by atoms with E-state index in [1.165, 1.54) is 0 Å². The van der Waals surface area contributed by atoms with E-state index in [1.807, 2.05) is 24.3 Å². The maximum absolute atomic E-state index is 12.0. The zero-order chi connectivity index (χ0) is 14.5. The monoisotopic (exact) mass is 335 g/mol. The fourth-order valence-electron chi connectivity index (χ4n) is 1.76. The second-order valence-electron chi connectivity index (χ2n) is 4.03. The summed E-state index contributed by atoms with van der Waals surface area (Å²) in [5.74, 6) is -0.492. The van der Waals surface area contributed by atoms with Crippen LogP contribution in [0, 0.1) is 0 Å². The molecule has 1 aromatic carbocycles. The highest BCUT2D eigenvalue weighted by atomic mass is 79.9. The molecule has 0 aliphatic heterocycles. The Bertz CT molecular complexity index is 658. The Hall–Kier alpha value is -1.95. The van der Waals surface area contributed by atoms with Crippen LogP contribution in [0.4, 0.5) is 5.69 Å². The summed E-state index contributed by atoms with van der Waals surface area (Å²) in [5.41, 5.74) is 1.50. The number of nitrogens with zero attached hydrogens (tertiary/aromatic N) is 2. The van der Waals surface area contributed by atoms with Gasteiger partial charge in [-0.1, -0.05) is 40.7 Å². The van der Waals surface area contributed by atoms with E-state index in [9.17, 15) is 4.79 Å². The van der Waals surface area contributed by atoms with Crippen molar-refractivity contribution in [2.45, 2.75) is 6.92 Å². The van der Waals surface area contributed by atoms with E-state index >= 15 is 0 Å². The van der Waals surface area contributed by atoms with Gasteiger partial charge in [0.1, 0.15) is 0 Å². The van der Waals surface area contributed by atoms with Gasteiger partial charge in [-0.25, -0.2) is 4.79 Å². The highest BCUT2D eigenvalue weighted by Crippen LogP contribution is 2.25. The second kappa shape index (κ2) is 6.47. The number of hydrogen-bond acceptors (Lipinski definition) is 5. The molecule has 0 aliphatic rings. The number of carbonyl (C=O) groups is 1. The highest BCUT2D eigenvalue weighted by molar-refractivity contribution is 9.11. The lowest BCUT2D eigenvalue weighted by Gasteiger charge is -2.12. The number of nitrogens with one attached hydrogen (secondary N) is 1. The lowest BCUT2D eigenvalue weighted by molar-refractivity contribution is 0.0519. The minimum absolute atomic E-state index is 0.180. The van der Waals surface area contributed by atoms with Gasteiger partial charge in [0, 0.05) is 16.4 Å². The van der Waals surface area contributed by atoms with Gasteiger partial charge in [0.05, 0.1) is 17.8 Å². The predicted octanol–water partition coefficient (Wildman–Crippen LogP) is 3.13. The van der Waals surface area contributed by atoms with E-state index in [0.717, 1.165) is 9.87 Å². The maximum Gasteiger partial charge on any atom is 0.361 e. The van der Waals surface area contributed by atoms with Crippen LogP contribution in [0.3, 0.4) is 0 Å². The van der Waals surface area contributed by atoms with Crippen molar-refractivity contribution in [1.82, 2.24) is 10.2 Å². The van der Waals surface area contributed by atoms with Crippen molar-refractivity contribution in [1.29, 1.82) is 0 Å². The van der Waals surface area contributed by atoms with Crippen LogP contribution in [0.15, 0.2) is 35.3 Å². The summed E-state index contributed by atoms with van der Waals surface area (Å²) in [6.07, 6.45) is 0. The van der Waals surface area contributed by atoms with Gasteiger partial charge in [0.25, 0.3) is 0 Å². The molecule has 1 heterocycles. The van der Waals surface area contributed by atoms with Crippen LogP contribution in [-0.2, 0) is 4.74 Å². The summed E-state index contributed by atoms with van der Waals surface area (Å²) >= 11 is 3.28. The van der Waals surface area contributed by atoms with Gasteiger partial charge in [-0.2, -0.15) is 0 Å². The number of esters is 1. The smallest absolute Gasteiger partial charge is 0.361 e. The summed E-state index contributed by atoms with van der Waals surface area (Å²) in [7, 11) is 0. The number of hydrogen-bond donors (Lipinski definition) is 1. The summed E-state index contributed by atoms with van der Waals surface area (Å²) in [6.45, 7) is 6.28. The zero-order valence-corrected chi connectivity index (χ0v) is 12.6. The Morgan fingerprint density at radius 2 is 2.15 bits per heavy atom. The fraction of sp³-hybridized carbons (Fsp3) is 0.214. The van der Waals surface area contributed by atoms with Crippen LogP contribution < -0.4 is 5.32 Å². The van der Waals surface area contributed by atoms with Crippen LogP contribution in [0.1, 0.15) is 17.4 Å². The molecule has 0 spiro atoms. The topological polar surface area (TPSA) is 64.1 Å². The van der Waals surface area contributed by atoms with Crippen molar-refractivity contribution >= 4 is 38.5 Å². The molecular weight excluding hydrogens is 322 g/mol. The Labute approximate surface area is 125 Å². The van der Waals surface area contributed by atoms with Gasteiger partial charge in [0.15, 0.2) is 5.69 Å². The predicted molar refractivity (Wildman–Crippen MR) is 82.1 cm³/mol. The molecule has 5 nitrogen and oxygen atoms in total. The average Bonchev–Trinajstić information content (AvgIpc) is 2.44. The van der Waals surface area contributed by atoms with Crippen molar-refractivity contribution in [3.8, 4) is 0 Å². The van der Waals surface area contributed by atoms with Gasteiger partial charge in [-0.05, 0) is 13.0 Å². The van der Waals surface area contributed by atoms with Gasteiger partial charge in [-0.15, -0.1) is 10.2 Å². The molecule has 2 rings (SSSR count). The molecule has 0 atom stereocenters. The molecule has 0 bridgehead atoms. The first-order chi connectivity index (χ1) is 9.63. The minimum atomic E-state index is -0.492. The number of ether oxygens (including phenoxy) is 1. The molecule has 1 aromatic heterocycles. The summed E-state index contributed by atoms with van der Waals surface area (Å²) < 4.78 is 5.78. The SMILES string of the molecule is C=C(Br)CNc1c(C(=O)OCC)nnc2ccccc12. The molecule has 0 aliphatic carbocycles. The van der Waals surface area contributed by atoms with E-state index in [1.54, 1.807) is 6.92 Å². The lowest BCUT2D eigenvalue weighted by Crippen LogP contribution is -2.14. The number of carbonyl (C=O) groups excluding carboxylic acids is 1. The average molecular weight is 336 g/mol. The molecule has 0 amide bonds. The number of rotatable bonds is 5. The standard InChI is InChI=1S/C14H14BrN3O2/c1-3-20-14(19)13-12(16-8-9(2)15)10-6-4-5-7-11(10)17-18-13/h4-7H,2-3,8H2,1H3,(H,16,17). The molecule has 104 valence electrons. The first-order valence-electron chi connectivity index (χ1n) is 6.13.